The SMILES string of the molecule is CCCCCn1cc(C2CCN(C(=O)c3ccc(N(C)C)cc3)CC2)c2ccccc21. The molecule has 1 amide bonds. The Bertz CT molecular complexity index is 1010. The summed E-state index contributed by atoms with van der Waals surface area (Å²) >= 11 is 0. The normalized spacial score (nSPS) is 14.9. The third-order valence-electron chi connectivity index (χ3n) is 6.67. The zero-order valence-electron chi connectivity index (χ0n) is 19.2. The number of rotatable bonds is 7. The second-order valence-corrected chi connectivity index (χ2v) is 9.01. The lowest BCUT2D eigenvalue weighted by Crippen LogP contribution is -2.37. The topological polar surface area (TPSA) is 28.5 Å². The Morgan fingerprint density at radius 1 is 1.00 bits per heavy atom. The minimum Gasteiger partial charge on any atom is -0.378 e. The molecular weight excluding hydrogens is 382 g/mol. The van der Waals surface area contributed by atoms with Gasteiger partial charge < -0.3 is 14.4 Å². The number of fused-ring (bicyclic) bond motifs is 1. The summed E-state index contributed by atoms with van der Waals surface area (Å²) in [5.41, 5.74) is 4.73. The molecule has 1 aromatic heterocycles. The van der Waals surface area contributed by atoms with E-state index in [1.54, 1.807) is 0 Å². The molecule has 1 fully saturated rings. The Morgan fingerprint density at radius 2 is 1.71 bits per heavy atom. The van der Waals surface area contributed by atoms with E-state index < -0.39 is 0 Å². The van der Waals surface area contributed by atoms with Gasteiger partial charge >= 0.3 is 0 Å². The van der Waals surface area contributed by atoms with Crippen molar-refractivity contribution in [3.8, 4) is 0 Å². The van der Waals surface area contributed by atoms with Crippen molar-refractivity contribution in [2.75, 3.05) is 32.1 Å². The first-order valence-corrected chi connectivity index (χ1v) is 11.7. The fourth-order valence-electron chi connectivity index (χ4n) is 4.80. The van der Waals surface area contributed by atoms with Gasteiger partial charge in [0.2, 0.25) is 0 Å². The summed E-state index contributed by atoms with van der Waals surface area (Å²) in [6.07, 6.45) is 8.21. The van der Waals surface area contributed by atoms with Crippen LogP contribution in [0.5, 0.6) is 0 Å². The van der Waals surface area contributed by atoms with Crippen LogP contribution in [0.15, 0.2) is 54.7 Å². The lowest BCUT2D eigenvalue weighted by Gasteiger charge is -2.32. The molecule has 0 unspecified atom stereocenters. The van der Waals surface area contributed by atoms with E-state index in [4.69, 9.17) is 0 Å². The summed E-state index contributed by atoms with van der Waals surface area (Å²) in [5.74, 6) is 0.684. The molecule has 2 aromatic carbocycles. The molecule has 4 rings (SSSR count). The highest BCUT2D eigenvalue weighted by atomic mass is 16.2. The lowest BCUT2D eigenvalue weighted by atomic mass is 9.89. The van der Waals surface area contributed by atoms with E-state index in [1.165, 1.54) is 35.7 Å². The van der Waals surface area contributed by atoms with Gasteiger partial charge in [0.1, 0.15) is 0 Å². The van der Waals surface area contributed by atoms with E-state index in [0.717, 1.165) is 43.7 Å². The van der Waals surface area contributed by atoms with E-state index >= 15 is 0 Å². The molecule has 1 aliphatic heterocycles. The van der Waals surface area contributed by atoms with E-state index in [2.05, 4.69) is 46.9 Å². The molecule has 1 saturated heterocycles. The molecule has 0 aliphatic carbocycles. The van der Waals surface area contributed by atoms with Crippen molar-refractivity contribution >= 4 is 22.5 Å². The summed E-state index contributed by atoms with van der Waals surface area (Å²) in [4.78, 5) is 17.1. The number of hydrogen-bond acceptors (Lipinski definition) is 2. The van der Waals surface area contributed by atoms with Gasteiger partial charge in [-0.05, 0) is 61.1 Å². The Morgan fingerprint density at radius 3 is 2.39 bits per heavy atom. The molecule has 2 heterocycles. The molecular formula is C27H35N3O. The quantitative estimate of drug-likeness (QED) is 0.447. The number of carbonyl (C=O) groups is 1. The van der Waals surface area contributed by atoms with Gasteiger partial charge in [-0.3, -0.25) is 4.79 Å². The number of aromatic nitrogens is 1. The zero-order valence-corrected chi connectivity index (χ0v) is 19.2. The number of anilines is 1. The van der Waals surface area contributed by atoms with Gasteiger partial charge in [-0.25, -0.2) is 0 Å². The number of hydrogen-bond donors (Lipinski definition) is 0. The molecule has 4 nitrogen and oxygen atoms in total. The van der Waals surface area contributed by atoms with Crippen LogP contribution in [0.3, 0.4) is 0 Å². The highest BCUT2D eigenvalue weighted by molar-refractivity contribution is 5.94. The van der Waals surface area contributed by atoms with Crippen LogP contribution in [0, 0.1) is 0 Å². The van der Waals surface area contributed by atoms with Crippen LogP contribution < -0.4 is 4.90 Å². The molecule has 0 radical (unpaired) electrons. The van der Waals surface area contributed by atoms with Crippen molar-refractivity contribution < 1.29 is 4.79 Å². The second kappa shape index (κ2) is 9.59. The largest absolute Gasteiger partial charge is 0.378 e. The van der Waals surface area contributed by atoms with Crippen LogP contribution in [0.4, 0.5) is 5.69 Å². The van der Waals surface area contributed by atoms with Gasteiger partial charge in [0.05, 0.1) is 0 Å². The van der Waals surface area contributed by atoms with Crippen molar-refractivity contribution in [2.24, 2.45) is 0 Å². The van der Waals surface area contributed by atoms with Crippen molar-refractivity contribution in [2.45, 2.75) is 51.5 Å². The van der Waals surface area contributed by atoms with Gasteiger partial charge in [0.25, 0.3) is 5.91 Å². The summed E-state index contributed by atoms with van der Waals surface area (Å²) in [6, 6.07) is 16.8. The third-order valence-corrected chi connectivity index (χ3v) is 6.67. The van der Waals surface area contributed by atoms with E-state index in [9.17, 15) is 4.79 Å². The highest BCUT2D eigenvalue weighted by Gasteiger charge is 2.26. The predicted molar refractivity (Wildman–Crippen MR) is 130 cm³/mol. The Hall–Kier alpha value is -2.75. The van der Waals surface area contributed by atoms with Crippen LogP contribution >= 0.6 is 0 Å². The molecule has 0 bridgehead atoms. The summed E-state index contributed by atoms with van der Waals surface area (Å²) < 4.78 is 2.45. The van der Waals surface area contributed by atoms with Crippen molar-refractivity contribution in [3.05, 3.63) is 65.9 Å². The molecule has 164 valence electrons. The number of benzene rings is 2. The van der Waals surface area contributed by atoms with Crippen LogP contribution in [0.25, 0.3) is 10.9 Å². The van der Waals surface area contributed by atoms with E-state index in [-0.39, 0.29) is 5.91 Å². The minimum absolute atomic E-state index is 0.158. The average Bonchev–Trinajstić information content (AvgIpc) is 3.18. The fraction of sp³-hybridized carbons (Fsp3) is 0.444. The third kappa shape index (κ3) is 4.63. The van der Waals surface area contributed by atoms with Crippen LogP contribution in [0.1, 0.15) is 60.9 Å². The highest BCUT2D eigenvalue weighted by Crippen LogP contribution is 2.35. The Kier molecular flexibility index (Phi) is 6.64. The van der Waals surface area contributed by atoms with E-state index in [0.29, 0.717) is 5.92 Å². The fourth-order valence-corrected chi connectivity index (χ4v) is 4.80. The summed E-state index contributed by atoms with van der Waals surface area (Å²) in [7, 11) is 4.03. The average molecular weight is 418 g/mol. The molecule has 0 atom stereocenters. The number of carbonyl (C=O) groups excluding carboxylic acids is 1. The Balaban J connectivity index is 1.45. The number of amides is 1. The number of piperidine rings is 1. The number of unbranched alkanes of at least 4 members (excludes halogenated alkanes) is 2. The van der Waals surface area contributed by atoms with Gasteiger partial charge in [-0.2, -0.15) is 0 Å². The first-order chi connectivity index (χ1) is 15.1. The van der Waals surface area contributed by atoms with Gasteiger partial charge in [-0.15, -0.1) is 0 Å². The monoisotopic (exact) mass is 417 g/mol. The van der Waals surface area contributed by atoms with Gasteiger partial charge in [-0.1, -0.05) is 38.0 Å². The number of likely N-dealkylation sites (tertiary alicyclic amines) is 1. The molecule has 1 aliphatic rings. The first kappa shape index (κ1) is 21.5. The maximum atomic E-state index is 13.0. The maximum absolute atomic E-state index is 13.0. The molecule has 0 saturated carbocycles. The number of aryl methyl sites for hydroxylation is 1. The second-order valence-electron chi connectivity index (χ2n) is 9.01. The number of para-hydroxylation sites is 1. The number of nitrogens with zero attached hydrogens (tertiary/aromatic N) is 3. The predicted octanol–water partition coefficient (Wildman–Crippen LogP) is 5.92. The molecule has 4 heteroatoms. The molecule has 3 aromatic rings. The molecule has 31 heavy (non-hydrogen) atoms. The summed E-state index contributed by atoms with van der Waals surface area (Å²) in [5, 5.41) is 1.39. The zero-order chi connectivity index (χ0) is 21.8. The van der Waals surface area contributed by atoms with Crippen molar-refractivity contribution in [1.82, 2.24) is 9.47 Å². The van der Waals surface area contributed by atoms with Crippen LogP contribution in [0.2, 0.25) is 0 Å². The smallest absolute Gasteiger partial charge is 0.253 e. The maximum Gasteiger partial charge on any atom is 0.253 e. The van der Waals surface area contributed by atoms with Crippen LogP contribution in [-0.2, 0) is 6.54 Å². The minimum atomic E-state index is 0.158. The van der Waals surface area contributed by atoms with Gasteiger partial charge in [0.15, 0.2) is 0 Å². The van der Waals surface area contributed by atoms with Crippen LogP contribution in [-0.4, -0.2) is 42.6 Å². The van der Waals surface area contributed by atoms with Crippen molar-refractivity contribution in [1.29, 1.82) is 0 Å². The van der Waals surface area contributed by atoms with Gasteiger partial charge in [0, 0.05) is 62.1 Å². The molecule has 0 spiro atoms. The molecule has 0 N–H and O–H groups in total. The summed E-state index contributed by atoms with van der Waals surface area (Å²) in [6.45, 7) is 5.00. The lowest BCUT2D eigenvalue weighted by molar-refractivity contribution is 0.0713. The van der Waals surface area contributed by atoms with Crippen molar-refractivity contribution in [3.63, 3.8) is 0 Å². The van der Waals surface area contributed by atoms with E-state index in [1.807, 2.05) is 43.3 Å². The Labute approximate surface area is 186 Å². The first-order valence-electron chi connectivity index (χ1n) is 11.7. The standard InChI is InChI=1S/C27H35N3O/c1-4-5-8-17-30-20-25(24-9-6-7-10-26(24)30)21-15-18-29(19-16-21)27(31)22-11-13-23(14-12-22)28(2)3/h6-7,9-14,20-21H,4-5,8,15-19H2,1-3H3.